The lowest BCUT2D eigenvalue weighted by Crippen LogP contribution is -2.57. The molecule has 2 aromatic rings. The van der Waals surface area contributed by atoms with Crippen molar-refractivity contribution in [2.75, 3.05) is 31.1 Å². The molecule has 9 nitrogen and oxygen atoms in total. The van der Waals surface area contributed by atoms with E-state index in [1.807, 2.05) is 0 Å². The number of aromatic nitrogens is 2. The van der Waals surface area contributed by atoms with Gasteiger partial charge in [0.15, 0.2) is 6.29 Å². The Morgan fingerprint density at radius 3 is 2.75 bits per heavy atom. The van der Waals surface area contributed by atoms with Crippen molar-refractivity contribution in [1.29, 1.82) is 0 Å². The highest BCUT2D eigenvalue weighted by atomic mass is 19.1. The smallest absolute Gasteiger partial charge is 0.410 e. The van der Waals surface area contributed by atoms with E-state index in [1.165, 1.54) is 23.2 Å². The van der Waals surface area contributed by atoms with E-state index in [0.29, 0.717) is 36.3 Å². The maximum absolute atomic E-state index is 13.8. The van der Waals surface area contributed by atoms with Crippen LogP contribution in [0.2, 0.25) is 0 Å². The second-order valence-electron chi connectivity index (χ2n) is 8.39. The van der Waals surface area contributed by atoms with Crippen LogP contribution in [0.25, 0.3) is 0 Å². The summed E-state index contributed by atoms with van der Waals surface area (Å²) in [5.74, 6) is 0.0412. The first-order chi connectivity index (χ1) is 15.2. The molecule has 0 saturated carbocycles. The normalized spacial score (nSPS) is 16.6. The lowest BCUT2D eigenvalue weighted by atomic mass is 10.1. The van der Waals surface area contributed by atoms with Crippen LogP contribution in [-0.2, 0) is 11.3 Å². The third-order valence-electron chi connectivity index (χ3n) is 4.86. The number of piperazine rings is 1. The van der Waals surface area contributed by atoms with Crippen molar-refractivity contribution in [2.24, 2.45) is 0 Å². The van der Waals surface area contributed by atoms with Crippen molar-refractivity contribution in [3.8, 4) is 5.88 Å². The molecule has 1 aliphatic heterocycles. The Hall–Kier alpha value is -3.27. The molecular weight excluding hydrogens is 419 g/mol. The molecule has 1 saturated heterocycles. The van der Waals surface area contributed by atoms with Gasteiger partial charge < -0.3 is 24.4 Å². The van der Waals surface area contributed by atoms with Crippen molar-refractivity contribution in [3.05, 3.63) is 47.5 Å². The lowest BCUT2D eigenvalue weighted by Gasteiger charge is -2.41. The minimum Gasteiger partial charge on any atom is -0.473 e. The average Bonchev–Trinajstić information content (AvgIpc) is 2.76. The van der Waals surface area contributed by atoms with Gasteiger partial charge in [0.25, 0.3) is 0 Å². The second-order valence-corrected chi connectivity index (χ2v) is 8.39. The van der Waals surface area contributed by atoms with Gasteiger partial charge in [-0.25, -0.2) is 9.18 Å². The number of hydrogen-bond donors (Lipinski definition) is 1. The number of ether oxygens (including phenoxy) is 2. The first kappa shape index (κ1) is 23.4. The molecule has 0 bridgehead atoms. The summed E-state index contributed by atoms with van der Waals surface area (Å²) < 4.78 is 24.8. The minimum absolute atomic E-state index is 0.0585. The highest BCUT2D eigenvalue weighted by Gasteiger charge is 2.33. The molecule has 10 heteroatoms. The summed E-state index contributed by atoms with van der Waals surface area (Å²) in [6.07, 6.45) is 2.77. The number of amides is 1. The lowest BCUT2D eigenvalue weighted by molar-refractivity contribution is 0.0196. The zero-order chi connectivity index (χ0) is 23.3. The number of halogens is 1. The maximum Gasteiger partial charge on any atom is 0.410 e. The highest BCUT2D eigenvalue weighted by molar-refractivity contribution is 5.83. The number of anilines is 1. The van der Waals surface area contributed by atoms with E-state index in [-0.39, 0.29) is 25.6 Å². The zero-order valence-corrected chi connectivity index (χ0v) is 18.3. The topological polar surface area (TPSA) is 105 Å². The van der Waals surface area contributed by atoms with Gasteiger partial charge in [0.1, 0.15) is 23.8 Å². The fourth-order valence-electron chi connectivity index (χ4n) is 3.30. The Morgan fingerprint density at radius 2 is 2.09 bits per heavy atom. The molecule has 2 aromatic heterocycles. The summed E-state index contributed by atoms with van der Waals surface area (Å²) >= 11 is 0. The van der Waals surface area contributed by atoms with E-state index in [1.54, 1.807) is 31.7 Å². The van der Waals surface area contributed by atoms with Crippen LogP contribution in [0.15, 0.2) is 30.6 Å². The van der Waals surface area contributed by atoms with Crippen LogP contribution in [0.4, 0.5) is 15.0 Å². The molecule has 3 rings (SSSR count). The van der Waals surface area contributed by atoms with E-state index in [9.17, 15) is 19.1 Å². The molecule has 1 aliphatic rings. The Labute approximate surface area is 185 Å². The number of pyridine rings is 2. The summed E-state index contributed by atoms with van der Waals surface area (Å²) in [5, 5.41) is 9.95. The van der Waals surface area contributed by atoms with Crippen molar-refractivity contribution in [2.45, 2.75) is 39.0 Å². The third-order valence-corrected chi connectivity index (χ3v) is 4.86. The quantitative estimate of drug-likeness (QED) is 0.675. The summed E-state index contributed by atoms with van der Waals surface area (Å²) in [7, 11) is 0. The third kappa shape index (κ3) is 5.70. The van der Waals surface area contributed by atoms with Crippen molar-refractivity contribution < 1.29 is 28.6 Å². The summed E-state index contributed by atoms with van der Waals surface area (Å²) in [4.78, 5) is 35.5. The second kappa shape index (κ2) is 9.90. The number of nitrogens with zero attached hydrogens (tertiary/aromatic N) is 4. The number of rotatable bonds is 6. The SMILES string of the molecule is CC(C)(C)OC(=O)N1CCN(c2nc(OCc3ccncc3F)ccc2C=O)[C@@H](CO)C1. The Kier molecular flexibility index (Phi) is 7.24. The summed E-state index contributed by atoms with van der Waals surface area (Å²) in [6.45, 7) is 5.92. The van der Waals surface area contributed by atoms with Gasteiger partial charge in [0, 0.05) is 37.5 Å². The zero-order valence-electron chi connectivity index (χ0n) is 18.3. The number of carbonyl (C=O) groups is 2. The van der Waals surface area contributed by atoms with Gasteiger partial charge in [-0.1, -0.05) is 0 Å². The van der Waals surface area contributed by atoms with Crippen LogP contribution >= 0.6 is 0 Å². The van der Waals surface area contributed by atoms with E-state index in [2.05, 4.69) is 9.97 Å². The van der Waals surface area contributed by atoms with Crippen LogP contribution in [0.5, 0.6) is 5.88 Å². The van der Waals surface area contributed by atoms with Crippen LogP contribution in [-0.4, -0.2) is 70.2 Å². The van der Waals surface area contributed by atoms with Gasteiger partial charge in [-0.3, -0.25) is 9.78 Å². The molecule has 172 valence electrons. The molecule has 32 heavy (non-hydrogen) atoms. The first-order valence-electron chi connectivity index (χ1n) is 10.2. The van der Waals surface area contributed by atoms with Crippen molar-refractivity contribution in [1.82, 2.24) is 14.9 Å². The Morgan fingerprint density at radius 1 is 1.31 bits per heavy atom. The number of aldehydes is 1. The summed E-state index contributed by atoms with van der Waals surface area (Å²) in [5.41, 5.74) is 0.00779. The van der Waals surface area contributed by atoms with E-state index < -0.39 is 23.6 Å². The molecule has 0 spiro atoms. The van der Waals surface area contributed by atoms with Gasteiger partial charge in [-0.2, -0.15) is 4.98 Å². The molecule has 1 N–H and O–H groups in total. The molecular formula is C22H27FN4O5. The first-order valence-corrected chi connectivity index (χ1v) is 10.2. The van der Waals surface area contributed by atoms with Gasteiger partial charge >= 0.3 is 6.09 Å². The fourth-order valence-corrected chi connectivity index (χ4v) is 3.30. The minimum atomic E-state index is -0.630. The van der Waals surface area contributed by atoms with Gasteiger partial charge in [0.2, 0.25) is 5.88 Å². The van der Waals surface area contributed by atoms with Crippen LogP contribution in [0, 0.1) is 5.82 Å². The molecule has 0 unspecified atom stereocenters. The molecule has 1 atom stereocenters. The number of hydrogen-bond acceptors (Lipinski definition) is 8. The van der Waals surface area contributed by atoms with E-state index in [0.717, 1.165) is 6.20 Å². The molecule has 0 radical (unpaired) electrons. The fraction of sp³-hybridized carbons (Fsp3) is 0.455. The van der Waals surface area contributed by atoms with Crippen molar-refractivity contribution in [3.63, 3.8) is 0 Å². The molecule has 1 fully saturated rings. The van der Waals surface area contributed by atoms with E-state index in [4.69, 9.17) is 9.47 Å². The largest absolute Gasteiger partial charge is 0.473 e. The van der Waals surface area contributed by atoms with E-state index >= 15 is 0 Å². The predicted molar refractivity (Wildman–Crippen MR) is 114 cm³/mol. The van der Waals surface area contributed by atoms with Crippen LogP contribution < -0.4 is 9.64 Å². The standard InChI is InChI=1S/C22H27FN4O5/c1-22(2,3)32-21(30)26-8-9-27(17(11-26)13-29)20-15(12-28)4-5-19(25-20)31-14-16-6-7-24-10-18(16)23/h4-7,10,12,17,29H,8-9,11,13-14H2,1-3H3/t17-/m1/s1. The number of carbonyl (C=O) groups excluding carboxylic acids is 2. The molecule has 1 amide bonds. The number of aliphatic hydroxyl groups excluding tert-OH is 1. The maximum atomic E-state index is 13.8. The molecule has 0 aliphatic carbocycles. The highest BCUT2D eigenvalue weighted by Crippen LogP contribution is 2.26. The Balaban J connectivity index is 1.77. The molecule has 0 aromatic carbocycles. The van der Waals surface area contributed by atoms with Crippen LogP contribution in [0.1, 0.15) is 36.7 Å². The Bertz CT molecular complexity index is 966. The average molecular weight is 446 g/mol. The van der Waals surface area contributed by atoms with Gasteiger partial charge in [-0.05, 0) is 32.9 Å². The molecule has 3 heterocycles. The van der Waals surface area contributed by atoms with Crippen LogP contribution in [0.3, 0.4) is 0 Å². The summed E-state index contributed by atoms with van der Waals surface area (Å²) in [6, 6.07) is 4.10. The van der Waals surface area contributed by atoms with Gasteiger partial charge in [0.05, 0.1) is 24.4 Å². The monoisotopic (exact) mass is 446 g/mol. The number of aliphatic hydroxyl groups is 1. The van der Waals surface area contributed by atoms with Gasteiger partial charge in [-0.15, -0.1) is 0 Å². The predicted octanol–water partition coefficient (Wildman–Crippen LogP) is 2.43. The van der Waals surface area contributed by atoms with Crippen molar-refractivity contribution >= 4 is 18.2 Å².